The first-order valence-corrected chi connectivity index (χ1v) is 20.2. The molecule has 54 heavy (non-hydrogen) atoms. The highest BCUT2D eigenvalue weighted by Crippen LogP contribution is 2.74. The minimum Gasteiger partial charge on any atom is -0.481 e. The second kappa shape index (κ2) is 12.7. The van der Waals surface area contributed by atoms with Crippen LogP contribution >= 0.6 is 0 Å². The molecule has 2 heterocycles. The minimum absolute atomic E-state index is 0.00360. The van der Waals surface area contributed by atoms with Gasteiger partial charge in [0.05, 0.1) is 11.0 Å². The largest absolute Gasteiger partial charge is 0.519 e. The average Bonchev–Trinajstić information content (AvgIpc) is 3.46. The van der Waals surface area contributed by atoms with Gasteiger partial charge in [-0.3, -0.25) is 14.5 Å². The molecule has 0 bridgehead atoms. The van der Waals surface area contributed by atoms with Crippen molar-refractivity contribution in [2.45, 2.75) is 156 Å². The number of fused-ring (bicyclic) bond motifs is 7. The molecule has 1 aliphatic heterocycles. The van der Waals surface area contributed by atoms with Crippen LogP contribution in [0.5, 0.6) is 0 Å². The van der Waals surface area contributed by atoms with Crippen molar-refractivity contribution in [1.29, 1.82) is 0 Å². The molecule has 0 radical (unpaired) electrons. The Balaban J connectivity index is 1.23. The van der Waals surface area contributed by atoms with Gasteiger partial charge in [0.25, 0.3) is 5.92 Å². The highest BCUT2D eigenvalue weighted by Gasteiger charge is 2.71. The number of allylic oxidation sites excluding steroid dienone is 2. The van der Waals surface area contributed by atoms with Crippen LogP contribution in [-0.4, -0.2) is 58.4 Å². The maximum Gasteiger partial charge on any atom is 0.519 e. The maximum atomic E-state index is 15.0. The van der Waals surface area contributed by atoms with E-state index in [1.165, 1.54) is 0 Å². The van der Waals surface area contributed by atoms with Gasteiger partial charge in [-0.15, -0.1) is 0 Å². The summed E-state index contributed by atoms with van der Waals surface area (Å²) in [5, 5.41) is 13.5. The molecule has 1 unspecified atom stereocenters. The van der Waals surface area contributed by atoms with Crippen LogP contribution in [0.4, 0.5) is 13.6 Å². The number of amides is 1. The molecule has 300 valence electrons. The lowest BCUT2D eigenvalue weighted by atomic mass is 9.33. The van der Waals surface area contributed by atoms with Crippen molar-refractivity contribution in [2.75, 3.05) is 13.1 Å². The lowest BCUT2D eigenvalue weighted by Crippen LogP contribution is -2.74. The topological polar surface area (TPSA) is 139 Å². The van der Waals surface area contributed by atoms with Crippen LogP contribution in [0.25, 0.3) is 0 Å². The van der Waals surface area contributed by atoms with Crippen LogP contribution in [0.2, 0.25) is 0 Å². The first kappa shape index (κ1) is 39.2. The zero-order valence-corrected chi connectivity index (χ0v) is 33.4. The van der Waals surface area contributed by atoms with Gasteiger partial charge in [-0.1, -0.05) is 47.1 Å². The number of hydrogen-bond donors (Lipinski definition) is 2. The summed E-state index contributed by atoms with van der Waals surface area (Å²) in [5.41, 5.74) is -1.99. The van der Waals surface area contributed by atoms with Gasteiger partial charge in [-0.05, 0) is 111 Å². The monoisotopic (exact) mass is 758 g/mol. The molecule has 1 aromatic heterocycles. The maximum absolute atomic E-state index is 15.0. The van der Waals surface area contributed by atoms with E-state index in [1.54, 1.807) is 0 Å². The smallest absolute Gasteiger partial charge is 0.481 e. The number of carbonyl (C=O) groups is 3. The minimum atomic E-state index is -2.73. The van der Waals surface area contributed by atoms with Crippen molar-refractivity contribution in [1.82, 2.24) is 10.2 Å². The summed E-state index contributed by atoms with van der Waals surface area (Å²) >= 11 is 0. The Morgan fingerprint density at radius 1 is 0.944 bits per heavy atom. The highest BCUT2D eigenvalue weighted by atomic mass is 19.3. The Kier molecular flexibility index (Phi) is 9.26. The zero-order chi connectivity index (χ0) is 39.4. The molecular formula is C42H60F2N2O8. The molecule has 0 aromatic carbocycles. The predicted molar refractivity (Wildman–Crippen MR) is 196 cm³/mol. The second-order valence-corrected chi connectivity index (χ2v) is 19.9. The van der Waals surface area contributed by atoms with Gasteiger partial charge in [0.2, 0.25) is 0 Å². The number of hydrogen-bond acceptors (Lipinski definition) is 8. The van der Waals surface area contributed by atoms with Crippen LogP contribution in [0.1, 0.15) is 143 Å². The summed E-state index contributed by atoms with van der Waals surface area (Å²) in [7, 11) is 0. The van der Waals surface area contributed by atoms with Crippen molar-refractivity contribution < 1.29 is 41.8 Å². The van der Waals surface area contributed by atoms with Crippen molar-refractivity contribution >= 4 is 17.8 Å². The quantitative estimate of drug-likeness (QED) is 0.293. The molecule has 5 aliphatic carbocycles. The Hall–Kier alpha value is -3.02. The lowest BCUT2D eigenvalue weighted by Gasteiger charge is -2.71. The second-order valence-electron chi connectivity index (χ2n) is 19.9. The number of piperidine rings is 1. The first-order valence-electron chi connectivity index (χ1n) is 20.2. The van der Waals surface area contributed by atoms with Crippen LogP contribution in [-0.2, 0) is 20.9 Å². The average molecular weight is 759 g/mol. The summed E-state index contributed by atoms with van der Waals surface area (Å²) in [6.45, 7) is 16.7. The molecule has 6 aliphatic rings. The molecule has 7 rings (SSSR count). The number of rotatable bonds is 6. The highest BCUT2D eigenvalue weighted by molar-refractivity contribution is 5.95. The predicted octanol–water partition coefficient (Wildman–Crippen LogP) is 8.48. The number of carbonyl (C=O) groups excluding carboxylic acids is 2. The van der Waals surface area contributed by atoms with E-state index in [9.17, 15) is 33.1 Å². The first-order chi connectivity index (χ1) is 25.0. The van der Waals surface area contributed by atoms with Crippen molar-refractivity contribution in [2.24, 2.45) is 44.8 Å². The molecule has 10 nitrogen and oxygen atoms in total. The summed E-state index contributed by atoms with van der Waals surface area (Å²) in [4.78, 5) is 55.3. The third-order valence-corrected chi connectivity index (χ3v) is 16.6. The Bertz CT molecular complexity index is 1790. The third kappa shape index (κ3) is 5.84. The molecule has 1 aromatic rings. The van der Waals surface area contributed by atoms with Gasteiger partial charge in [-0.25, -0.2) is 18.4 Å². The van der Waals surface area contributed by atoms with Crippen LogP contribution in [0.3, 0.4) is 0 Å². The molecule has 1 amide bonds. The van der Waals surface area contributed by atoms with Crippen molar-refractivity contribution in [3.8, 4) is 0 Å². The molecule has 12 heteroatoms. The number of nitrogens with zero attached hydrogens (tertiary/aromatic N) is 1. The fourth-order valence-corrected chi connectivity index (χ4v) is 13.2. The standard InChI is InChI=1S/C42H60F2N2O8/c1-24(2)31-28(53-35(51)54-31)23-52-34(50)45-41(8)29-9-12-40(7)32(38(29,5)11-10-30(41)46-19-17-42(43,44)18-20-46)27(47)21-25-26-22-37(4,33(48)49)14-13-36(26,3)15-16-39(25,40)6/h21,24,26,29-30,32H,9-20,22-23H2,1-8H3,(H,45,50)(H,48,49)/t26-,29?,30-,32+,36+,37-,38-,39+,40+,41-/m0/s1. The molecule has 4 saturated carbocycles. The molecule has 5 fully saturated rings. The summed E-state index contributed by atoms with van der Waals surface area (Å²) in [6, 6.07) is -0.270. The van der Waals surface area contributed by atoms with Gasteiger partial charge in [0.1, 0.15) is 0 Å². The number of likely N-dealkylation sites (tertiary alicyclic amines) is 1. The molecule has 0 spiro atoms. The molecular weight excluding hydrogens is 698 g/mol. The van der Waals surface area contributed by atoms with Gasteiger partial charge < -0.3 is 24.0 Å². The lowest BCUT2D eigenvalue weighted by molar-refractivity contribution is -0.190. The number of aliphatic carboxylic acids is 1. The summed E-state index contributed by atoms with van der Waals surface area (Å²) in [5.74, 6) is -4.55. The zero-order valence-electron chi connectivity index (χ0n) is 33.4. The van der Waals surface area contributed by atoms with Crippen molar-refractivity contribution in [3.63, 3.8) is 0 Å². The van der Waals surface area contributed by atoms with Gasteiger partial charge >= 0.3 is 17.9 Å². The van der Waals surface area contributed by atoms with E-state index in [2.05, 4.69) is 37.9 Å². The van der Waals surface area contributed by atoms with Gasteiger partial charge in [-0.2, -0.15) is 0 Å². The summed E-state index contributed by atoms with van der Waals surface area (Å²) in [6.07, 6.45) is 7.30. The number of alkyl halides is 2. The van der Waals surface area contributed by atoms with E-state index in [4.69, 9.17) is 13.6 Å². The van der Waals surface area contributed by atoms with Crippen LogP contribution in [0, 0.1) is 44.8 Å². The van der Waals surface area contributed by atoms with E-state index < -0.39 is 45.6 Å². The summed E-state index contributed by atoms with van der Waals surface area (Å²) < 4.78 is 45.0. The molecule has 10 atom stereocenters. The van der Waals surface area contributed by atoms with Crippen molar-refractivity contribution in [3.05, 3.63) is 33.8 Å². The number of ether oxygens (including phenoxy) is 1. The fraction of sp³-hybridized carbons (Fsp3) is 0.810. The number of carboxylic acids is 1. The van der Waals surface area contributed by atoms with E-state index in [1.807, 2.05) is 33.8 Å². The van der Waals surface area contributed by atoms with E-state index in [-0.39, 0.29) is 84.6 Å². The Morgan fingerprint density at radius 2 is 1.61 bits per heavy atom. The van der Waals surface area contributed by atoms with Gasteiger partial charge in [0.15, 0.2) is 23.9 Å². The van der Waals surface area contributed by atoms with Crippen LogP contribution < -0.4 is 11.1 Å². The number of alkyl carbamates (subject to hydrolysis) is 1. The van der Waals surface area contributed by atoms with E-state index in [0.29, 0.717) is 37.9 Å². The number of nitrogens with one attached hydrogen (secondary N) is 1. The molecule has 1 saturated heterocycles. The Morgan fingerprint density at radius 3 is 2.26 bits per heavy atom. The SMILES string of the molecule is CC(C)c1oc(=O)oc1COC(=O)N[C@@]1(C)C2CC[C@]3(C)[C@H](C(=O)C=C4[C@@H]5C[C@@](C)(C(=O)O)CC[C@]5(C)CC[C@]43C)[C@@]2(C)CC[C@@H]1N1CCC(F)(F)CC1. The number of ketones is 1. The number of halogens is 2. The number of carboxylic acid groups (broad SMARTS) is 1. The van der Waals surface area contributed by atoms with E-state index in [0.717, 1.165) is 31.3 Å². The molecule has 2 N–H and O–H groups in total. The normalized spacial score (nSPS) is 43.2. The van der Waals surface area contributed by atoms with Gasteiger partial charge in [0, 0.05) is 43.8 Å². The fourth-order valence-electron chi connectivity index (χ4n) is 13.2. The van der Waals surface area contributed by atoms with Crippen LogP contribution in [0.15, 0.2) is 25.3 Å². The third-order valence-electron chi connectivity index (χ3n) is 16.6. The Labute approximate surface area is 317 Å². The van der Waals surface area contributed by atoms with E-state index >= 15 is 0 Å².